The van der Waals surface area contributed by atoms with Crippen LogP contribution < -0.4 is 0 Å². The van der Waals surface area contributed by atoms with E-state index in [2.05, 4.69) is 24.6 Å². The highest BCUT2D eigenvalue weighted by atomic mass is 32.1. The van der Waals surface area contributed by atoms with Crippen LogP contribution >= 0.6 is 11.3 Å². The molecule has 3 heterocycles. The maximum Gasteiger partial charge on any atom is 0.422 e. The molecule has 0 unspecified atom stereocenters. The first-order valence-electron chi connectivity index (χ1n) is 10.3. The van der Waals surface area contributed by atoms with Gasteiger partial charge in [-0.1, -0.05) is 24.3 Å². The molecule has 4 rings (SSSR count). The van der Waals surface area contributed by atoms with E-state index in [9.17, 15) is 18.0 Å². The molecule has 1 aliphatic heterocycles. The van der Waals surface area contributed by atoms with Gasteiger partial charge in [-0.2, -0.15) is 13.2 Å². The maximum atomic E-state index is 12.6. The van der Waals surface area contributed by atoms with E-state index in [1.54, 1.807) is 35.8 Å². The van der Waals surface area contributed by atoms with Crippen molar-refractivity contribution in [3.63, 3.8) is 0 Å². The molecule has 0 radical (unpaired) electrons. The highest BCUT2D eigenvalue weighted by Gasteiger charge is 2.35. The van der Waals surface area contributed by atoms with Crippen LogP contribution in [0.1, 0.15) is 45.7 Å². The minimum Gasteiger partial charge on any atom is -0.456 e. The summed E-state index contributed by atoms with van der Waals surface area (Å²) in [5, 5.41) is 9.00. The van der Waals surface area contributed by atoms with Crippen LogP contribution in [-0.4, -0.2) is 39.2 Å². The average molecular weight is 498 g/mol. The van der Waals surface area contributed by atoms with Gasteiger partial charge < -0.3 is 9.58 Å². The Hall–Kier alpha value is -4.03. The number of nitrogens with zero attached hydrogens (tertiary/aromatic N) is 6. The van der Waals surface area contributed by atoms with Gasteiger partial charge in [-0.15, -0.1) is 21.5 Å². The van der Waals surface area contributed by atoms with Gasteiger partial charge in [0.25, 0.3) is 0 Å². The van der Waals surface area contributed by atoms with E-state index in [1.165, 1.54) is 11.3 Å². The number of hydrogen-bond donors (Lipinski definition) is 0. The zero-order valence-electron chi connectivity index (χ0n) is 18.5. The van der Waals surface area contributed by atoms with Crippen LogP contribution in [0.4, 0.5) is 18.9 Å². The number of carbonyl (C=O) groups is 1. The third kappa shape index (κ3) is 4.79. The van der Waals surface area contributed by atoms with Gasteiger partial charge in [-0.3, -0.25) is 14.4 Å². The van der Waals surface area contributed by atoms with Crippen LogP contribution in [0.3, 0.4) is 0 Å². The van der Waals surface area contributed by atoms with Gasteiger partial charge in [0, 0.05) is 5.56 Å². The highest BCUT2D eigenvalue weighted by molar-refractivity contribution is 7.15. The molecule has 0 saturated carbocycles. The smallest absolute Gasteiger partial charge is 0.422 e. The molecule has 0 fully saturated rings. The number of benzene rings is 1. The molecule has 35 heavy (non-hydrogen) atoms. The van der Waals surface area contributed by atoms with Crippen molar-refractivity contribution >= 4 is 28.7 Å². The minimum absolute atomic E-state index is 0.164. The number of alkyl halides is 3. The third-order valence-corrected chi connectivity index (χ3v) is 6.61. The van der Waals surface area contributed by atoms with Crippen LogP contribution in [0.5, 0.6) is 0 Å². The molecule has 0 saturated heterocycles. The molecule has 3 aromatic rings. The number of rotatable bonds is 5. The Kier molecular flexibility index (Phi) is 6.41. The Balaban J connectivity index is 1.88. The van der Waals surface area contributed by atoms with Crippen LogP contribution in [-0.2, 0) is 16.1 Å². The fraction of sp³-hybridized carbons (Fsp3) is 0.304. The molecule has 8 nitrogen and oxygen atoms in total. The zero-order valence-corrected chi connectivity index (χ0v) is 19.4. The van der Waals surface area contributed by atoms with Crippen molar-refractivity contribution in [3.8, 4) is 5.00 Å². The number of aromatic nitrogens is 3. The highest BCUT2D eigenvalue weighted by Crippen LogP contribution is 2.40. The number of ether oxygens (including phenoxy) is 1. The monoisotopic (exact) mass is 498 g/mol. The first kappa shape index (κ1) is 24.1. The average Bonchev–Trinajstić information content (AvgIpc) is 3.30. The number of halogens is 3. The van der Waals surface area contributed by atoms with Gasteiger partial charge in [0.2, 0.25) is 6.54 Å². The molecule has 1 aromatic carbocycles. The number of hydrogen-bond acceptors (Lipinski definition) is 6. The third-order valence-electron chi connectivity index (χ3n) is 5.35. The standard InChI is InChI=1S/C23H17F3N6O2S/c1-12-17(10-27-3)35-22-19(12)20(14-5-7-15(28-4)8-6-14)29-16(21-31-30-13(2)32(21)22)9-18(33)34-11-23(24,25)26/h5-8,16H,9-11H2,1-2H3/t16-/m0/s1. The molecule has 12 heteroatoms. The second-order valence-electron chi connectivity index (χ2n) is 7.72. The number of aryl methyl sites for hydroxylation is 1. The Morgan fingerprint density at radius 1 is 1.20 bits per heavy atom. The van der Waals surface area contributed by atoms with Crippen molar-refractivity contribution in [3.05, 3.63) is 80.3 Å². The van der Waals surface area contributed by atoms with Crippen molar-refractivity contribution in [2.45, 2.75) is 39.0 Å². The topological polar surface area (TPSA) is 78.1 Å². The molecule has 0 spiro atoms. The molecule has 1 aliphatic rings. The van der Waals surface area contributed by atoms with Crippen LogP contribution in [0.25, 0.3) is 14.7 Å². The maximum absolute atomic E-state index is 12.6. The minimum atomic E-state index is -4.64. The number of carbonyl (C=O) groups excluding carboxylic acids is 1. The predicted octanol–water partition coefficient (Wildman–Crippen LogP) is 5.30. The lowest BCUT2D eigenvalue weighted by Crippen LogP contribution is -2.21. The summed E-state index contributed by atoms with van der Waals surface area (Å²) in [6, 6.07) is 5.75. The molecule has 0 bridgehead atoms. The molecule has 2 aromatic heterocycles. The van der Waals surface area contributed by atoms with Gasteiger partial charge in [0.05, 0.1) is 23.6 Å². The predicted molar refractivity (Wildman–Crippen MR) is 122 cm³/mol. The molecular weight excluding hydrogens is 481 g/mol. The molecule has 0 aliphatic carbocycles. The lowest BCUT2D eigenvalue weighted by atomic mass is 9.99. The number of esters is 1. The number of fused-ring (bicyclic) bond motifs is 3. The second-order valence-corrected chi connectivity index (χ2v) is 8.80. The summed E-state index contributed by atoms with van der Waals surface area (Å²) >= 11 is 1.38. The number of thiophene rings is 1. The van der Waals surface area contributed by atoms with Crippen LogP contribution in [0.2, 0.25) is 0 Å². The fourth-order valence-corrected chi connectivity index (χ4v) is 5.04. The summed E-state index contributed by atoms with van der Waals surface area (Å²) in [5.74, 6) is -0.275. The summed E-state index contributed by atoms with van der Waals surface area (Å²) in [6.07, 6.45) is -5.11. The Morgan fingerprint density at radius 3 is 2.54 bits per heavy atom. The van der Waals surface area contributed by atoms with E-state index in [0.717, 1.165) is 16.0 Å². The molecular formula is C23H17F3N6O2S. The van der Waals surface area contributed by atoms with E-state index in [0.29, 0.717) is 27.8 Å². The first-order valence-corrected chi connectivity index (χ1v) is 11.1. The van der Waals surface area contributed by atoms with E-state index < -0.39 is 31.2 Å². The molecule has 1 atom stereocenters. The Bertz CT molecular complexity index is 1410. The normalized spacial score (nSPS) is 14.7. The van der Waals surface area contributed by atoms with Crippen molar-refractivity contribution < 1.29 is 22.7 Å². The van der Waals surface area contributed by atoms with Gasteiger partial charge in [-0.05, 0) is 25.0 Å². The first-order chi connectivity index (χ1) is 16.6. The summed E-state index contributed by atoms with van der Waals surface area (Å²) in [5.41, 5.74) is 3.12. The lowest BCUT2D eigenvalue weighted by Gasteiger charge is -2.13. The van der Waals surface area contributed by atoms with Gasteiger partial charge in [-0.25, -0.2) is 11.4 Å². The quantitative estimate of drug-likeness (QED) is 0.353. The Labute approximate surface area is 202 Å². The molecule has 0 N–H and O–H groups in total. The van der Waals surface area contributed by atoms with Crippen molar-refractivity contribution in [2.24, 2.45) is 4.99 Å². The van der Waals surface area contributed by atoms with Crippen molar-refractivity contribution in [1.82, 2.24) is 14.8 Å². The van der Waals surface area contributed by atoms with Gasteiger partial charge in [0.15, 0.2) is 18.1 Å². The van der Waals surface area contributed by atoms with E-state index in [4.69, 9.17) is 18.1 Å². The second kappa shape index (κ2) is 9.31. The van der Waals surface area contributed by atoms with E-state index in [1.807, 2.05) is 6.92 Å². The summed E-state index contributed by atoms with van der Waals surface area (Å²) < 4.78 is 43.8. The van der Waals surface area contributed by atoms with Gasteiger partial charge in [0.1, 0.15) is 16.9 Å². The lowest BCUT2D eigenvalue weighted by molar-refractivity contribution is -0.186. The van der Waals surface area contributed by atoms with Crippen LogP contribution in [0.15, 0.2) is 29.3 Å². The summed E-state index contributed by atoms with van der Waals surface area (Å²) in [7, 11) is 0. The SMILES string of the molecule is [C-]#[N+]Cc1sc2c(c1C)C(c1ccc([N+]#[C-])cc1)=N[C@@H](CC(=O)OCC(F)(F)F)c1nnc(C)n1-2. The van der Waals surface area contributed by atoms with Gasteiger partial charge >= 0.3 is 12.1 Å². The van der Waals surface area contributed by atoms with Crippen molar-refractivity contribution in [1.29, 1.82) is 0 Å². The Morgan fingerprint density at radius 2 is 1.91 bits per heavy atom. The number of aliphatic imine (C=N–C) groups is 1. The molecule has 0 amide bonds. The largest absolute Gasteiger partial charge is 0.456 e. The van der Waals surface area contributed by atoms with Crippen molar-refractivity contribution in [2.75, 3.05) is 6.61 Å². The molecule has 178 valence electrons. The van der Waals surface area contributed by atoms with E-state index in [-0.39, 0.29) is 12.4 Å². The van der Waals surface area contributed by atoms with E-state index >= 15 is 0 Å². The fourth-order valence-electron chi connectivity index (χ4n) is 3.76. The summed E-state index contributed by atoms with van der Waals surface area (Å²) in [6.45, 7) is 16.6. The summed E-state index contributed by atoms with van der Waals surface area (Å²) in [4.78, 5) is 24.8. The van der Waals surface area contributed by atoms with Crippen LogP contribution in [0, 0.1) is 27.0 Å². The zero-order chi connectivity index (χ0) is 25.3.